The Balaban J connectivity index is 1.69. The van der Waals surface area contributed by atoms with Gasteiger partial charge >= 0.3 is 6.09 Å². The molecule has 2 aromatic heterocycles. The molecule has 10 nitrogen and oxygen atoms in total. The van der Waals surface area contributed by atoms with Crippen molar-refractivity contribution < 1.29 is 28.9 Å². The van der Waals surface area contributed by atoms with Crippen LogP contribution in [0.3, 0.4) is 0 Å². The molecule has 0 fully saturated rings. The highest BCUT2D eigenvalue weighted by Gasteiger charge is 2.14. The molecule has 0 saturated carbocycles. The van der Waals surface area contributed by atoms with Crippen LogP contribution >= 0.6 is 11.3 Å². The number of rotatable bonds is 8. The summed E-state index contributed by atoms with van der Waals surface area (Å²) in [7, 11) is 4.67. The van der Waals surface area contributed by atoms with E-state index in [1.807, 2.05) is 12.1 Å². The van der Waals surface area contributed by atoms with Gasteiger partial charge in [0.1, 0.15) is 0 Å². The predicted molar refractivity (Wildman–Crippen MR) is 114 cm³/mol. The van der Waals surface area contributed by atoms with E-state index in [0.717, 1.165) is 22.5 Å². The Labute approximate surface area is 181 Å². The Morgan fingerprint density at radius 3 is 2.19 bits per heavy atom. The van der Waals surface area contributed by atoms with E-state index in [1.54, 1.807) is 44.4 Å². The first kappa shape index (κ1) is 21.8. The Hall–Kier alpha value is -3.86. The van der Waals surface area contributed by atoms with Gasteiger partial charge in [0.25, 0.3) is 5.91 Å². The molecule has 2 heterocycles. The van der Waals surface area contributed by atoms with Crippen LogP contribution in [0.5, 0.6) is 17.2 Å². The Bertz CT molecular complexity index is 1060. The van der Waals surface area contributed by atoms with Crippen molar-refractivity contribution in [1.29, 1.82) is 0 Å². The van der Waals surface area contributed by atoms with Crippen molar-refractivity contribution in [2.75, 3.05) is 26.6 Å². The molecule has 0 spiro atoms. The first-order valence-corrected chi connectivity index (χ1v) is 9.81. The van der Waals surface area contributed by atoms with Gasteiger partial charge in [-0.25, -0.2) is 14.8 Å². The molecule has 0 aliphatic rings. The number of carbonyl (C=O) groups excluding carboxylic acids is 1. The number of methoxy groups -OCH3 is 3. The Morgan fingerprint density at radius 1 is 1.00 bits per heavy atom. The standard InChI is InChI=1S/C20H20N4O6S/c1-28-14-5-11(6-15(29-2)17(14)30-3)4-12-8-21-19(22-9-12)23-13-7-16(31-10-13)18(25)24-20(26)27/h5-10H,4H2,1-3H3,(H,24,25)(H,26,27)(H,21,22,23). The van der Waals surface area contributed by atoms with Gasteiger partial charge in [-0.05, 0) is 29.3 Å². The summed E-state index contributed by atoms with van der Waals surface area (Å²) in [6.07, 6.45) is 2.51. The van der Waals surface area contributed by atoms with Crippen molar-refractivity contribution in [1.82, 2.24) is 15.3 Å². The Kier molecular flexibility index (Phi) is 6.88. The third-order valence-electron chi connectivity index (χ3n) is 4.14. The predicted octanol–water partition coefficient (Wildman–Crippen LogP) is 3.31. The van der Waals surface area contributed by atoms with Crippen molar-refractivity contribution >= 4 is 35.0 Å². The summed E-state index contributed by atoms with van der Waals surface area (Å²) in [6.45, 7) is 0. The van der Waals surface area contributed by atoms with Crippen LogP contribution in [0.15, 0.2) is 36.0 Å². The number of amides is 2. The van der Waals surface area contributed by atoms with Crippen molar-refractivity contribution in [2.45, 2.75) is 6.42 Å². The number of imide groups is 1. The van der Waals surface area contributed by atoms with E-state index < -0.39 is 12.0 Å². The number of thiophene rings is 1. The lowest BCUT2D eigenvalue weighted by molar-refractivity contribution is 0.0952. The highest BCUT2D eigenvalue weighted by molar-refractivity contribution is 7.12. The van der Waals surface area contributed by atoms with E-state index in [9.17, 15) is 9.59 Å². The molecule has 0 aliphatic heterocycles. The zero-order valence-corrected chi connectivity index (χ0v) is 17.8. The number of anilines is 2. The maximum absolute atomic E-state index is 11.7. The Morgan fingerprint density at radius 2 is 1.65 bits per heavy atom. The molecule has 0 unspecified atom stereocenters. The number of ether oxygens (including phenoxy) is 3. The first-order valence-electron chi connectivity index (χ1n) is 8.93. The van der Waals surface area contributed by atoms with Gasteiger partial charge in [0.15, 0.2) is 11.5 Å². The second kappa shape index (κ2) is 9.76. The van der Waals surface area contributed by atoms with E-state index in [-0.39, 0.29) is 4.88 Å². The average Bonchev–Trinajstić information content (AvgIpc) is 3.22. The molecule has 3 aromatic rings. The molecular weight excluding hydrogens is 424 g/mol. The SMILES string of the molecule is COc1cc(Cc2cnc(Nc3csc(C(=O)NC(=O)O)c3)nc2)cc(OC)c1OC. The quantitative estimate of drug-likeness (QED) is 0.479. The van der Waals surface area contributed by atoms with Crippen LogP contribution in [0.1, 0.15) is 20.8 Å². The number of hydrogen-bond acceptors (Lipinski definition) is 9. The van der Waals surface area contributed by atoms with Crippen LogP contribution in [0, 0.1) is 0 Å². The fourth-order valence-corrected chi connectivity index (χ4v) is 3.53. The minimum atomic E-state index is -1.40. The van der Waals surface area contributed by atoms with Gasteiger partial charge in [-0.1, -0.05) is 0 Å². The highest BCUT2D eigenvalue weighted by Crippen LogP contribution is 2.38. The molecule has 3 N–H and O–H groups in total. The number of nitrogens with zero attached hydrogens (tertiary/aromatic N) is 2. The third-order valence-corrected chi connectivity index (χ3v) is 5.07. The van der Waals surface area contributed by atoms with Gasteiger partial charge in [0.05, 0.1) is 31.9 Å². The van der Waals surface area contributed by atoms with E-state index in [2.05, 4.69) is 15.3 Å². The van der Waals surface area contributed by atoms with Crippen molar-refractivity contribution in [2.24, 2.45) is 0 Å². The zero-order chi connectivity index (χ0) is 22.4. The second-order valence-corrected chi connectivity index (χ2v) is 7.12. The van der Waals surface area contributed by atoms with E-state index >= 15 is 0 Å². The van der Waals surface area contributed by atoms with Gasteiger partial charge in [-0.2, -0.15) is 0 Å². The van der Waals surface area contributed by atoms with Crippen LogP contribution in [0.4, 0.5) is 16.4 Å². The van der Waals surface area contributed by atoms with Crippen LogP contribution in [0.2, 0.25) is 0 Å². The van der Waals surface area contributed by atoms with E-state index in [1.165, 1.54) is 6.07 Å². The molecule has 0 saturated heterocycles. The lowest BCUT2D eigenvalue weighted by Gasteiger charge is -2.14. The second-order valence-electron chi connectivity index (χ2n) is 6.21. The van der Waals surface area contributed by atoms with Gasteiger partial charge < -0.3 is 24.6 Å². The number of hydrogen-bond donors (Lipinski definition) is 3. The lowest BCUT2D eigenvalue weighted by atomic mass is 10.1. The topological polar surface area (TPSA) is 132 Å². The molecule has 0 radical (unpaired) electrons. The highest BCUT2D eigenvalue weighted by atomic mass is 32.1. The molecular formula is C20H20N4O6S. The fraction of sp³-hybridized carbons (Fsp3) is 0.200. The summed E-state index contributed by atoms with van der Waals surface area (Å²) in [6, 6.07) is 5.25. The van der Waals surface area contributed by atoms with Crippen molar-refractivity contribution in [3.63, 3.8) is 0 Å². The van der Waals surface area contributed by atoms with Crippen molar-refractivity contribution in [3.05, 3.63) is 52.0 Å². The molecule has 2 amide bonds. The molecule has 0 atom stereocenters. The lowest BCUT2D eigenvalue weighted by Crippen LogP contribution is -2.27. The minimum absolute atomic E-state index is 0.254. The molecule has 3 rings (SSSR count). The van der Waals surface area contributed by atoms with Gasteiger partial charge in [0, 0.05) is 24.2 Å². The summed E-state index contributed by atoms with van der Waals surface area (Å²) < 4.78 is 16.1. The number of benzene rings is 1. The molecule has 31 heavy (non-hydrogen) atoms. The summed E-state index contributed by atoms with van der Waals surface area (Å²) in [5.74, 6) is 1.31. The maximum Gasteiger partial charge on any atom is 0.411 e. The summed E-state index contributed by atoms with van der Waals surface area (Å²) in [4.78, 5) is 31.1. The van der Waals surface area contributed by atoms with Gasteiger partial charge in [-0.3, -0.25) is 10.1 Å². The molecule has 1 aromatic carbocycles. The van der Waals surface area contributed by atoms with Gasteiger partial charge in [0.2, 0.25) is 11.7 Å². The minimum Gasteiger partial charge on any atom is -0.493 e. The number of carbonyl (C=O) groups is 2. The zero-order valence-electron chi connectivity index (χ0n) is 17.0. The van der Waals surface area contributed by atoms with Crippen LogP contribution < -0.4 is 24.8 Å². The summed E-state index contributed by atoms with van der Waals surface area (Å²) in [5.41, 5.74) is 2.38. The normalized spacial score (nSPS) is 10.3. The first-order chi connectivity index (χ1) is 14.9. The largest absolute Gasteiger partial charge is 0.493 e. The van der Waals surface area contributed by atoms with Gasteiger partial charge in [-0.15, -0.1) is 11.3 Å². The molecule has 162 valence electrons. The number of carboxylic acid groups (broad SMARTS) is 1. The van der Waals surface area contributed by atoms with E-state index in [4.69, 9.17) is 19.3 Å². The molecule has 0 bridgehead atoms. The molecule has 11 heteroatoms. The smallest absolute Gasteiger partial charge is 0.411 e. The monoisotopic (exact) mass is 444 g/mol. The average molecular weight is 444 g/mol. The third kappa shape index (κ3) is 5.39. The number of aromatic nitrogens is 2. The van der Waals surface area contributed by atoms with Crippen LogP contribution in [-0.2, 0) is 6.42 Å². The van der Waals surface area contributed by atoms with Crippen molar-refractivity contribution in [3.8, 4) is 17.2 Å². The fourth-order valence-electron chi connectivity index (χ4n) is 2.79. The summed E-state index contributed by atoms with van der Waals surface area (Å²) in [5, 5.41) is 15.1. The van der Waals surface area contributed by atoms with Crippen LogP contribution in [-0.4, -0.2) is 48.4 Å². The summed E-state index contributed by atoms with van der Waals surface area (Å²) >= 11 is 1.11. The number of nitrogens with one attached hydrogen (secondary N) is 2. The maximum atomic E-state index is 11.7. The molecule has 0 aliphatic carbocycles. The van der Waals surface area contributed by atoms with Crippen LogP contribution in [0.25, 0.3) is 0 Å². The van der Waals surface area contributed by atoms with E-state index in [0.29, 0.717) is 35.3 Å².